The number of carbonyl (C=O) groups excluding carboxylic acids is 1. The third kappa shape index (κ3) is 8.13. The molecule has 206 valence electrons. The molecule has 0 bridgehead atoms. The van der Waals surface area contributed by atoms with Gasteiger partial charge >= 0.3 is 0 Å². The maximum absolute atomic E-state index is 13.5. The molecule has 4 atom stereocenters. The minimum Gasteiger partial charge on any atom is -0.376 e. The molecule has 1 aliphatic heterocycles. The van der Waals surface area contributed by atoms with Crippen LogP contribution in [0.4, 0.5) is 0 Å². The van der Waals surface area contributed by atoms with Crippen molar-refractivity contribution in [3.63, 3.8) is 0 Å². The van der Waals surface area contributed by atoms with Crippen molar-refractivity contribution < 1.29 is 23.7 Å². The molecule has 5 rings (SSSR count). The van der Waals surface area contributed by atoms with Crippen molar-refractivity contribution in [2.45, 2.75) is 50.0 Å². The van der Waals surface area contributed by atoms with E-state index < -0.39 is 18.3 Å². The Hall–Kier alpha value is -3.26. The average molecular weight is 555 g/mol. The summed E-state index contributed by atoms with van der Waals surface area (Å²) < 4.78 is 25.4. The van der Waals surface area contributed by atoms with Gasteiger partial charge in [0.05, 0.1) is 38.3 Å². The molecule has 4 aromatic carbocycles. The summed E-state index contributed by atoms with van der Waals surface area (Å²) in [7, 11) is 0. The number of carbonyl (C=O) groups is 1. The Morgan fingerprint density at radius 3 is 1.38 bits per heavy atom. The molecule has 6 heteroatoms. The normalized spacial score (nSPS) is 20.9. The van der Waals surface area contributed by atoms with Crippen LogP contribution >= 0.6 is 11.8 Å². The van der Waals surface area contributed by atoms with Gasteiger partial charge in [0.1, 0.15) is 12.2 Å². The lowest BCUT2D eigenvalue weighted by Gasteiger charge is -2.40. The van der Waals surface area contributed by atoms with Crippen LogP contribution in [-0.2, 0) is 50.2 Å². The van der Waals surface area contributed by atoms with E-state index in [0.29, 0.717) is 33.0 Å². The largest absolute Gasteiger partial charge is 0.376 e. The average Bonchev–Trinajstić information content (AvgIpc) is 3.01. The Balaban J connectivity index is 1.36. The van der Waals surface area contributed by atoms with Crippen LogP contribution < -0.4 is 0 Å². The second-order valence-corrected chi connectivity index (χ2v) is 11.0. The van der Waals surface area contributed by atoms with Gasteiger partial charge in [-0.15, -0.1) is 0 Å². The summed E-state index contributed by atoms with van der Waals surface area (Å²) in [6.07, 6.45) is -1.81. The first kappa shape index (κ1) is 28.3. The highest BCUT2D eigenvalue weighted by atomic mass is 32.2. The van der Waals surface area contributed by atoms with E-state index >= 15 is 0 Å². The Bertz CT molecular complexity index is 1290. The molecule has 40 heavy (non-hydrogen) atoms. The fraction of sp³-hybridized carbons (Fsp3) is 0.265. The zero-order chi connectivity index (χ0) is 27.4. The van der Waals surface area contributed by atoms with Crippen LogP contribution in [0.25, 0.3) is 0 Å². The Labute approximate surface area is 240 Å². The lowest BCUT2D eigenvalue weighted by Crippen LogP contribution is -2.55. The van der Waals surface area contributed by atoms with E-state index in [1.165, 1.54) is 11.8 Å². The number of hydrogen-bond donors (Lipinski definition) is 0. The van der Waals surface area contributed by atoms with Gasteiger partial charge in [0, 0.05) is 0 Å². The van der Waals surface area contributed by atoms with Gasteiger partial charge < -0.3 is 18.9 Å². The van der Waals surface area contributed by atoms with Crippen molar-refractivity contribution in [1.29, 1.82) is 0 Å². The number of benzene rings is 4. The fourth-order valence-electron chi connectivity index (χ4n) is 4.64. The third-order valence-corrected chi connectivity index (χ3v) is 7.90. The zero-order valence-electron chi connectivity index (χ0n) is 22.3. The Kier molecular flexibility index (Phi) is 10.6. The van der Waals surface area contributed by atoms with Crippen molar-refractivity contribution in [3.05, 3.63) is 144 Å². The second kappa shape index (κ2) is 14.9. The van der Waals surface area contributed by atoms with Gasteiger partial charge in [0.15, 0.2) is 6.10 Å². The molecular weight excluding hydrogens is 520 g/mol. The van der Waals surface area contributed by atoms with Crippen LogP contribution in [0.2, 0.25) is 0 Å². The first-order chi connectivity index (χ1) is 19.8. The summed E-state index contributed by atoms with van der Waals surface area (Å²) in [6, 6.07) is 39.9. The lowest BCUT2D eigenvalue weighted by molar-refractivity contribution is -0.166. The van der Waals surface area contributed by atoms with E-state index in [1.54, 1.807) is 0 Å². The fourth-order valence-corrected chi connectivity index (χ4v) is 5.80. The van der Waals surface area contributed by atoms with Crippen LogP contribution in [0.1, 0.15) is 22.3 Å². The first-order valence-electron chi connectivity index (χ1n) is 13.5. The molecule has 0 spiro atoms. The summed E-state index contributed by atoms with van der Waals surface area (Å²) in [5.41, 5.74) is 4.15. The third-order valence-electron chi connectivity index (χ3n) is 6.73. The predicted octanol–water partition coefficient (Wildman–Crippen LogP) is 6.60. The molecule has 0 saturated carbocycles. The van der Waals surface area contributed by atoms with Crippen LogP contribution in [-0.4, -0.2) is 35.3 Å². The van der Waals surface area contributed by atoms with E-state index in [1.807, 2.05) is 121 Å². The monoisotopic (exact) mass is 554 g/mol. The molecule has 0 aliphatic carbocycles. The van der Waals surface area contributed by atoms with Crippen LogP contribution in [0, 0.1) is 0 Å². The molecule has 1 heterocycles. The van der Waals surface area contributed by atoms with Gasteiger partial charge in [-0.05, 0) is 22.3 Å². The molecule has 1 fully saturated rings. The Morgan fingerprint density at radius 1 is 0.500 bits per heavy atom. The topological polar surface area (TPSA) is 54.0 Å². The van der Waals surface area contributed by atoms with Gasteiger partial charge in [-0.1, -0.05) is 133 Å². The van der Waals surface area contributed by atoms with E-state index in [2.05, 4.69) is 0 Å². The molecule has 0 amide bonds. The summed E-state index contributed by atoms with van der Waals surface area (Å²) in [4.78, 5) is 13.5. The highest BCUT2D eigenvalue weighted by molar-refractivity contribution is 8.14. The van der Waals surface area contributed by atoms with Crippen molar-refractivity contribution in [2.75, 3.05) is 6.61 Å². The maximum atomic E-state index is 13.5. The lowest BCUT2D eigenvalue weighted by atomic mass is 10.0. The maximum Gasteiger partial charge on any atom is 0.220 e. The smallest absolute Gasteiger partial charge is 0.220 e. The highest BCUT2D eigenvalue weighted by Gasteiger charge is 2.47. The molecule has 0 unspecified atom stereocenters. The molecule has 0 radical (unpaired) electrons. The van der Waals surface area contributed by atoms with E-state index in [0.717, 1.165) is 22.3 Å². The van der Waals surface area contributed by atoms with Crippen LogP contribution in [0.15, 0.2) is 121 Å². The van der Waals surface area contributed by atoms with Crippen molar-refractivity contribution in [1.82, 2.24) is 0 Å². The van der Waals surface area contributed by atoms with Gasteiger partial charge in [0.2, 0.25) is 5.12 Å². The van der Waals surface area contributed by atoms with E-state index in [9.17, 15) is 4.79 Å². The predicted molar refractivity (Wildman–Crippen MR) is 158 cm³/mol. The van der Waals surface area contributed by atoms with Gasteiger partial charge in [-0.25, -0.2) is 0 Å². The van der Waals surface area contributed by atoms with Crippen molar-refractivity contribution >= 4 is 16.9 Å². The van der Waals surface area contributed by atoms with Gasteiger partial charge in [0.25, 0.3) is 0 Å². The molecule has 1 aliphatic rings. The first-order valence-corrected chi connectivity index (χ1v) is 14.4. The quantitative estimate of drug-likeness (QED) is 0.186. The minimum atomic E-state index is -0.778. The van der Waals surface area contributed by atoms with Gasteiger partial charge in [-0.2, -0.15) is 0 Å². The number of thioether (sulfide) groups is 1. The summed E-state index contributed by atoms with van der Waals surface area (Å²) in [5.74, 6) is 0. The number of rotatable bonds is 13. The zero-order valence-corrected chi connectivity index (χ0v) is 23.2. The van der Waals surface area contributed by atoms with E-state index in [-0.39, 0.29) is 10.4 Å². The van der Waals surface area contributed by atoms with Gasteiger partial charge in [-0.3, -0.25) is 4.79 Å². The summed E-state index contributed by atoms with van der Waals surface area (Å²) in [6.45, 7) is 1.86. The van der Waals surface area contributed by atoms with E-state index in [4.69, 9.17) is 18.9 Å². The summed E-state index contributed by atoms with van der Waals surface area (Å²) >= 11 is 1.24. The SMILES string of the molecule is O=C1S[C@@H](COCc2ccccc2)[C@@H](OCc2ccccc2)[C@H](OCc2ccccc2)[C@H]1OCc1ccccc1. The molecular formula is C34H34O5S. The highest BCUT2D eigenvalue weighted by Crippen LogP contribution is 2.35. The van der Waals surface area contributed by atoms with Crippen LogP contribution in [0.5, 0.6) is 0 Å². The molecule has 0 N–H and O–H groups in total. The molecule has 0 aromatic heterocycles. The van der Waals surface area contributed by atoms with Crippen molar-refractivity contribution in [3.8, 4) is 0 Å². The minimum absolute atomic E-state index is 0.0677. The molecule has 1 saturated heterocycles. The number of hydrogen-bond acceptors (Lipinski definition) is 6. The molecule has 4 aromatic rings. The summed E-state index contributed by atoms with van der Waals surface area (Å²) in [5, 5.41) is -0.320. The standard InChI is InChI=1S/C34H34O5S/c35-34-33(39-24-29-19-11-4-12-20-29)32(38-23-28-17-9-3-10-18-28)31(37-22-27-15-7-2-8-16-27)30(40-34)25-36-21-26-13-5-1-6-14-26/h1-20,30-33H,21-25H2/t30-,31+,32-,33+/m0/s1. The van der Waals surface area contributed by atoms with Crippen LogP contribution in [0.3, 0.4) is 0 Å². The number of ether oxygens (including phenoxy) is 4. The molecule has 5 nitrogen and oxygen atoms in total. The second-order valence-electron chi connectivity index (χ2n) is 9.72. The Morgan fingerprint density at radius 2 is 0.900 bits per heavy atom. The van der Waals surface area contributed by atoms with Crippen molar-refractivity contribution in [2.24, 2.45) is 0 Å².